The van der Waals surface area contributed by atoms with Crippen LogP contribution in [-0.4, -0.2) is 46.2 Å². The van der Waals surface area contributed by atoms with E-state index in [0.717, 1.165) is 70.7 Å². The third kappa shape index (κ3) is 11.3. The Labute approximate surface area is 374 Å². The first-order valence-electron chi connectivity index (χ1n) is 23.1. The number of aryl methyl sites for hydroxylation is 2. The second-order valence-electron chi connectivity index (χ2n) is 18.4. The van der Waals surface area contributed by atoms with E-state index < -0.39 is 17.9 Å². The largest absolute Gasteiger partial charge is 0.504 e. The number of benzene rings is 3. The Hall–Kier alpha value is -5.65. The first kappa shape index (κ1) is 45.4. The molecule has 1 aromatic heterocycles. The third-order valence-corrected chi connectivity index (χ3v) is 13.7. The molecule has 7 atom stereocenters. The predicted octanol–water partition coefficient (Wildman–Crippen LogP) is 10.0. The number of carbonyl (C=O) groups is 2. The maximum Gasteiger partial charge on any atom is 0.177 e. The average Bonchev–Trinajstić information content (AvgIpc) is 3.67. The van der Waals surface area contributed by atoms with Crippen molar-refractivity contribution in [1.29, 1.82) is 0 Å². The standard InChI is InChI=1S/C55H63N3O5/c1-5-12-46(50(60)32-44-29-43(34-58-44)35(2)3)42-27-38(25-37-23-24-57-53(56)28-37)26-40-19-22-47(39-15-10-7-11-16-39)54-41(18-20-45(59)33-51(61)49(40)30-42)31-52(63-4)55(62)48(54)21-17-36-13-8-6-9-14-36/h6-11,13-16,23-24,28-29,31,34-35,38,40,42,46-47,49-50,60H,5,12,17-18,20-21,25-27,30,32-33H2,1-4H3,(H2-,56,57,62)/p+1. The van der Waals surface area contributed by atoms with Gasteiger partial charge in [0.15, 0.2) is 17.2 Å². The molecule has 4 aromatic rings. The van der Waals surface area contributed by atoms with Crippen LogP contribution in [0.1, 0.15) is 111 Å². The predicted molar refractivity (Wildman–Crippen MR) is 251 cm³/mol. The van der Waals surface area contributed by atoms with Crippen LogP contribution in [0.3, 0.4) is 0 Å². The molecule has 63 heavy (non-hydrogen) atoms. The van der Waals surface area contributed by atoms with Gasteiger partial charge in [-0.15, -0.1) is 4.99 Å². The average molecular weight is 847 g/mol. The van der Waals surface area contributed by atoms with Crippen LogP contribution in [0.15, 0.2) is 102 Å². The number of aliphatic hydroxyl groups is 1. The number of aromatic nitrogens is 1. The molecule has 328 valence electrons. The fourth-order valence-electron chi connectivity index (χ4n) is 10.4. The van der Waals surface area contributed by atoms with E-state index in [9.17, 15) is 19.8 Å². The van der Waals surface area contributed by atoms with E-state index in [1.807, 2.05) is 60.8 Å². The van der Waals surface area contributed by atoms with Gasteiger partial charge in [-0.1, -0.05) is 85.8 Å². The van der Waals surface area contributed by atoms with Gasteiger partial charge in [-0.05, 0) is 129 Å². The number of nitrogen functional groups attached to an aromatic ring is 1. The van der Waals surface area contributed by atoms with Crippen LogP contribution in [0.25, 0.3) is 0 Å². The van der Waals surface area contributed by atoms with Gasteiger partial charge in [0.05, 0.1) is 32.0 Å². The normalized spacial score (nSPS) is 22.4. The number of fused-ring (bicyclic) bond motifs is 2. The van der Waals surface area contributed by atoms with E-state index in [1.165, 1.54) is 0 Å². The zero-order valence-corrected chi connectivity index (χ0v) is 37.4. The summed E-state index contributed by atoms with van der Waals surface area (Å²) in [5, 5.41) is 24.1. The molecule has 8 nitrogen and oxygen atoms in total. The van der Waals surface area contributed by atoms with Gasteiger partial charge in [0.25, 0.3) is 0 Å². The Morgan fingerprint density at radius 2 is 1.70 bits per heavy atom. The number of nitrogens with zero attached hydrogens (tertiary/aromatic N) is 2. The number of Topliss-reactive ketones (excluding diaryl/α,β-unsaturated/α-hetero) is 2. The fraction of sp³-hybridized carbons (Fsp3) is 0.436. The van der Waals surface area contributed by atoms with E-state index in [0.29, 0.717) is 56.0 Å². The maximum atomic E-state index is 14.8. The number of anilines is 1. The summed E-state index contributed by atoms with van der Waals surface area (Å²) in [6.45, 7) is 6.45. The number of rotatable bonds is 14. The molecule has 7 unspecified atom stereocenters. The van der Waals surface area contributed by atoms with E-state index in [4.69, 9.17) is 15.5 Å². The minimum atomic E-state index is -0.648. The molecule has 3 aliphatic rings. The number of aliphatic hydroxyl groups excluding tert-OH is 1. The number of carbonyl (C=O) groups excluding carboxylic acids is 2. The first-order chi connectivity index (χ1) is 30.5. The highest BCUT2D eigenvalue weighted by Gasteiger charge is 2.42. The van der Waals surface area contributed by atoms with Crippen LogP contribution < -0.4 is 10.5 Å². The number of pyridine rings is 1. The van der Waals surface area contributed by atoms with Crippen LogP contribution in [0.2, 0.25) is 0 Å². The molecule has 1 saturated carbocycles. The summed E-state index contributed by atoms with van der Waals surface area (Å²) < 4.78 is 5.76. The van der Waals surface area contributed by atoms with Gasteiger partial charge in [-0.25, -0.2) is 4.98 Å². The smallest absolute Gasteiger partial charge is 0.177 e. The van der Waals surface area contributed by atoms with Crippen molar-refractivity contribution in [3.05, 3.63) is 136 Å². The van der Waals surface area contributed by atoms with Gasteiger partial charge in [0, 0.05) is 35.9 Å². The minimum absolute atomic E-state index is 0.00655. The number of nitrogens with two attached hydrogens (primary N) is 1. The summed E-state index contributed by atoms with van der Waals surface area (Å²) in [7, 11) is 1.55. The Morgan fingerprint density at radius 3 is 2.40 bits per heavy atom. The molecule has 2 aliphatic carbocycles. The second-order valence-corrected chi connectivity index (χ2v) is 18.4. The van der Waals surface area contributed by atoms with E-state index >= 15 is 0 Å². The number of ether oxygens (including phenoxy) is 1. The van der Waals surface area contributed by atoms with Crippen molar-refractivity contribution in [2.75, 3.05) is 12.8 Å². The quantitative estimate of drug-likeness (QED) is 0.0653. The highest BCUT2D eigenvalue weighted by Crippen LogP contribution is 2.46. The summed E-state index contributed by atoms with van der Waals surface area (Å²) in [6, 6.07) is 26.2. The van der Waals surface area contributed by atoms with E-state index in [-0.39, 0.29) is 53.8 Å². The zero-order chi connectivity index (χ0) is 44.5. The molecule has 0 radical (unpaired) electrons. The lowest BCUT2D eigenvalue weighted by molar-refractivity contribution is -0.130. The third-order valence-electron chi connectivity index (χ3n) is 13.7. The molecule has 0 spiro atoms. The number of ketones is 2. The number of hydrogen-bond acceptors (Lipinski definition) is 8. The SMILES string of the molecule is CCCC(C(O)CC1=C[C+](C(C)C)C=N1)C1CC(Cc2ccnc(N)c2)CC2C#CC(c3ccccc3)c3c(cc(OC)c(O)c3CCc3ccccc3)CCC(=O)CC(=O)C2C1. The number of aromatic hydroxyl groups is 1. The Morgan fingerprint density at radius 1 is 0.937 bits per heavy atom. The molecule has 0 bridgehead atoms. The molecule has 8 heteroatoms. The van der Waals surface area contributed by atoms with Crippen LogP contribution in [-0.2, 0) is 35.3 Å². The summed E-state index contributed by atoms with van der Waals surface area (Å²) in [5.41, 5.74) is 12.9. The summed E-state index contributed by atoms with van der Waals surface area (Å²) >= 11 is 0. The number of hydrogen-bond donors (Lipinski definition) is 3. The minimum Gasteiger partial charge on any atom is -0.504 e. The Kier molecular flexibility index (Phi) is 15.2. The molecule has 3 aromatic carbocycles. The van der Waals surface area contributed by atoms with Crippen molar-refractivity contribution in [1.82, 2.24) is 4.98 Å². The van der Waals surface area contributed by atoms with Gasteiger partial charge in [0.1, 0.15) is 35.6 Å². The topological polar surface area (TPSA) is 135 Å². The van der Waals surface area contributed by atoms with Crippen molar-refractivity contribution in [3.63, 3.8) is 0 Å². The molecule has 7 rings (SSSR count). The Balaban J connectivity index is 1.34. The van der Waals surface area contributed by atoms with Gasteiger partial charge < -0.3 is 20.7 Å². The Bertz CT molecular complexity index is 2330. The molecule has 1 fully saturated rings. The molecule has 0 saturated heterocycles. The number of phenols is 1. The molecule has 0 amide bonds. The van der Waals surface area contributed by atoms with Crippen LogP contribution in [0.4, 0.5) is 5.82 Å². The van der Waals surface area contributed by atoms with Gasteiger partial charge in [0.2, 0.25) is 0 Å². The first-order valence-corrected chi connectivity index (χ1v) is 23.1. The second kappa shape index (κ2) is 21.1. The maximum absolute atomic E-state index is 14.8. The summed E-state index contributed by atoms with van der Waals surface area (Å²) in [4.78, 5) is 37.8. The van der Waals surface area contributed by atoms with E-state index in [2.05, 4.69) is 67.9 Å². The van der Waals surface area contributed by atoms with Crippen LogP contribution >= 0.6 is 0 Å². The number of aliphatic imine (C=N–C) groups is 1. The van der Waals surface area contributed by atoms with E-state index in [1.54, 1.807) is 13.3 Å². The molecular weight excluding hydrogens is 783 g/mol. The summed E-state index contributed by atoms with van der Waals surface area (Å²) in [5.74, 6) is 8.54. The van der Waals surface area contributed by atoms with Crippen LogP contribution in [0, 0.1) is 53.3 Å². The van der Waals surface area contributed by atoms with Crippen molar-refractivity contribution in [2.45, 2.75) is 110 Å². The van der Waals surface area contributed by atoms with Gasteiger partial charge >= 0.3 is 0 Å². The molecule has 1 aliphatic heterocycles. The monoisotopic (exact) mass is 846 g/mol. The number of allylic oxidation sites excluding steroid dienone is 1. The molecular formula is C55H64N3O5+. The summed E-state index contributed by atoms with van der Waals surface area (Å²) in [6.07, 6.45) is 11.6. The highest BCUT2D eigenvalue weighted by atomic mass is 16.5. The van der Waals surface area contributed by atoms with Crippen LogP contribution in [0.5, 0.6) is 11.5 Å². The number of methoxy groups -OCH3 is 1. The number of phenolic OH excluding ortho intramolecular Hbond substituents is 1. The zero-order valence-electron chi connectivity index (χ0n) is 37.4. The van der Waals surface area contributed by atoms with Gasteiger partial charge in [-0.3, -0.25) is 9.59 Å². The molecule has 2 heterocycles. The van der Waals surface area contributed by atoms with Crippen molar-refractivity contribution in [3.8, 4) is 23.3 Å². The molecule has 4 N–H and O–H groups in total. The van der Waals surface area contributed by atoms with Crippen molar-refractivity contribution in [2.24, 2.45) is 40.5 Å². The fourth-order valence-corrected chi connectivity index (χ4v) is 10.4. The lowest BCUT2D eigenvalue weighted by atomic mass is 9.73. The van der Waals surface area contributed by atoms with Crippen molar-refractivity contribution < 1.29 is 24.5 Å². The lowest BCUT2D eigenvalue weighted by Crippen LogP contribution is -2.32. The highest BCUT2D eigenvalue weighted by molar-refractivity contribution is 6.00. The lowest BCUT2D eigenvalue weighted by Gasteiger charge is -2.32. The van der Waals surface area contributed by atoms with Gasteiger partial charge in [-0.2, -0.15) is 0 Å². The van der Waals surface area contributed by atoms with Crippen molar-refractivity contribution >= 4 is 23.6 Å².